The monoisotopic (exact) mass is 479 g/mol. The van der Waals surface area contributed by atoms with E-state index >= 15 is 0 Å². The van der Waals surface area contributed by atoms with Crippen LogP contribution in [0.3, 0.4) is 0 Å². The third-order valence-corrected chi connectivity index (χ3v) is 5.06. The number of carbonyl (C=O) groups excluding carboxylic acids is 2. The zero-order valence-corrected chi connectivity index (χ0v) is 16.7. The fourth-order valence-corrected chi connectivity index (χ4v) is 3.40. The molecule has 2 heterocycles. The van der Waals surface area contributed by atoms with E-state index in [1.54, 1.807) is 0 Å². The molecule has 0 atom stereocenters. The number of imide groups is 1. The number of carbonyl (C=O) groups is 2. The molecule has 3 aromatic rings. The van der Waals surface area contributed by atoms with Gasteiger partial charge in [0.1, 0.15) is 5.69 Å². The molecule has 7 nitrogen and oxygen atoms in total. The first-order valence-corrected chi connectivity index (χ1v) is 9.47. The van der Waals surface area contributed by atoms with Crippen molar-refractivity contribution in [1.29, 1.82) is 0 Å². The Morgan fingerprint density at radius 2 is 0.971 bits per heavy atom. The average Bonchev–Trinajstić information content (AvgIpc) is 3.51. The minimum absolute atomic E-state index is 0.0822. The van der Waals surface area contributed by atoms with Gasteiger partial charge in [-0.3, -0.25) is 9.59 Å². The lowest BCUT2D eigenvalue weighted by molar-refractivity contribution is 0.0893. The van der Waals surface area contributed by atoms with Gasteiger partial charge in [-0.05, 0) is 36.4 Å². The minimum atomic E-state index is -2.44. The number of hydrogen-bond donors (Lipinski definition) is 0. The largest absolute Gasteiger partial charge is 0.454 e. The zero-order chi connectivity index (χ0) is 24.1. The summed E-state index contributed by atoms with van der Waals surface area (Å²) in [7, 11) is 0. The van der Waals surface area contributed by atoms with Gasteiger partial charge in [0.05, 0.1) is 0 Å². The summed E-state index contributed by atoms with van der Waals surface area (Å²) in [5.74, 6) is -13.9. The molecule has 34 heavy (non-hydrogen) atoms. The lowest BCUT2D eigenvalue weighted by Crippen LogP contribution is -2.39. The molecule has 2 amide bonds. The standard InChI is InChI=1S/C22H10F5NO6/c23-15-16(24)18(26)20(19(27)17(15)25)28(21(29)9-1-3-11-13(5-9)33-7-31-11)22(30)10-2-4-12-14(6-10)34-8-32-12/h1-6H,7-8H2. The van der Waals surface area contributed by atoms with Crippen LogP contribution >= 0.6 is 0 Å². The van der Waals surface area contributed by atoms with Crippen molar-refractivity contribution in [3.05, 3.63) is 76.6 Å². The van der Waals surface area contributed by atoms with Gasteiger partial charge in [0.25, 0.3) is 11.8 Å². The van der Waals surface area contributed by atoms with Crippen LogP contribution in [0.1, 0.15) is 20.7 Å². The summed E-state index contributed by atoms with van der Waals surface area (Å²) in [5.41, 5.74) is -2.42. The summed E-state index contributed by atoms with van der Waals surface area (Å²) in [4.78, 5) is 26.4. The number of nitrogens with zero attached hydrogens (tertiary/aromatic N) is 1. The highest BCUT2D eigenvalue weighted by atomic mass is 19.2. The number of fused-ring (bicyclic) bond motifs is 2. The predicted molar refractivity (Wildman–Crippen MR) is 103 cm³/mol. The zero-order valence-electron chi connectivity index (χ0n) is 16.7. The second-order valence-corrected chi connectivity index (χ2v) is 7.00. The molecule has 5 rings (SSSR count). The van der Waals surface area contributed by atoms with Gasteiger partial charge >= 0.3 is 0 Å². The highest BCUT2D eigenvalue weighted by molar-refractivity contribution is 6.26. The van der Waals surface area contributed by atoms with Crippen LogP contribution in [0.5, 0.6) is 23.0 Å². The van der Waals surface area contributed by atoms with Crippen molar-refractivity contribution in [3.63, 3.8) is 0 Å². The summed E-state index contributed by atoms with van der Waals surface area (Å²) < 4.78 is 91.5. The van der Waals surface area contributed by atoms with Crippen molar-refractivity contribution in [1.82, 2.24) is 0 Å². The van der Waals surface area contributed by atoms with Gasteiger partial charge in [0, 0.05) is 11.1 Å². The van der Waals surface area contributed by atoms with Crippen LogP contribution in [0.15, 0.2) is 36.4 Å². The fourth-order valence-electron chi connectivity index (χ4n) is 3.40. The molecule has 0 aromatic heterocycles. The van der Waals surface area contributed by atoms with E-state index in [0.29, 0.717) is 0 Å². The Balaban J connectivity index is 1.68. The second kappa shape index (κ2) is 7.90. The predicted octanol–water partition coefficient (Wildman–Crippen LogP) is 4.33. The molecule has 0 saturated heterocycles. The van der Waals surface area contributed by atoms with Crippen LogP contribution in [-0.4, -0.2) is 25.4 Å². The number of anilines is 1. The number of rotatable bonds is 3. The van der Waals surface area contributed by atoms with Gasteiger partial charge in [0.2, 0.25) is 19.4 Å². The molecule has 0 N–H and O–H groups in total. The highest BCUT2D eigenvalue weighted by Crippen LogP contribution is 2.37. The molecular weight excluding hydrogens is 469 g/mol. The smallest absolute Gasteiger partial charge is 0.265 e. The van der Waals surface area contributed by atoms with E-state index in [2.05, 4.69) is 0 Å². The molecule has 0 saturated carbocycles. The van der Waals surface area contributed by atoms with Crippen molar-refractivity contribution < 1.29 is 50.5 Å². The van der Waals surface area contributed by atoms with Gasteiger partial charge in [-0.15, -0.1) is 0 Å². The van der Waals surface area contributed by atoms with E-state index in [-0.39, 0.29) is 52.6 Å². The van der Waals surface area contributed by atoms with E-state index in [9.17, 15) is 31.5 Å². The van der Waals surface area contributed by atoms with E-state index in [0.717, 1.165) is 24.3 Å². The molecule has 12 heteroatoms. The number of hydrogen-bond acceptors (Lipinski definition) is 6. The first-order valence-electron chi connectivity index (χ1n) is 9.47. The second-order valence-electron chi connectivity index (χ2n) is 7.00. The van der Waals surface area contributed by atoms with E-state index in [4.69, 9.17) is 18.9 Å². The topological polar surface area (TPSA) is 74.3 Å². The average molecular weight is 479 g/mol. The maximum absolute atomic E-state index is 14.7. The molecule has 0 unspecified atom stereocenters. The van der Waals surface area contributed by atoms with E-state index < -0.39 is 46.6 Å². The maximum atomic E-state index is 14.7. The summed E-state index contributed by atoms with van der Waals surface area (Å²) in [5, 5.41) is 0. The Morgan fingerprint density at radius 3 is 1.41 bits per heavy atom. The molecule has 0 spiro atoms. The van der Waals surface area contributed by atoms with Crippen molar-refractivity contribution >= 4 is 17.5 Å². The fraction of sp³-hybridized carbons (Fsp3) is 0.0909. The summed E-state index contributed by atoms with van der Waals surface area (Å²) in [6.45, 7) is -0.324. The maximum Gasteiger partial charge on any atom is 0.265 e. The third kappa shape index (κ3) is 3.26. The van der Waals surface area contributed by atoms with Gasteiger partial charge in [-0.25, -0.2) is 26.9 Å². The summed E-state index contributed by atoms with van der Waals surface area (Å²) in [6, 6.07) is 7.07. The third-order valence-electron chi connectivity index (χ3n) is 5.06. The molecular formula is C22H10F5NO6. The lowest BCUT2D eigenvalue weighted by Gasteiger charge is -2.23. The lowest BCUT2D eigenvalue weighted by atomic mass is 10.1. The Bertz CT molecular complexity index is 1280. The highest BCUT2D eigenvalue weighted by Gasteiger charge is 2.37. The Morgan fingerprint density at radius 1 is 0.588 bits per heavy atom. The number of benzene rings is 3. The van der Waals surface area contributed by atoms with E-state index in [1.165, 1.54) is 12.1 Å². The first kappa shape index (κ1) is 21.5. The molecule has 2 aliphatic rings. The van der Waals surface area contributed by atoms with Crippen LogP contribution in [0.25, 0.3) is 0 Å². The molecule has 2 aliphatic heterocycles. The SMILES string of the molecule is O=C(c1ccc2c(c1)OCO2)N(C(=O)c1ccc2c(c1)OCO2)c1c(F)c(F)c(F)c(F)c1F. The quantitative estimate of drug-likeness (QED) is 0.241. The van der Waals surface area contributed by atoms with Crippen molar-refractivity contribution in [2.24, 2.45) is 0 Å². The molecule has 0 aliphatic carbocycles. The number of amides is 2. The minimum Gasteiger partial charge on any atom is -0.454 e. The van der Waals surface area contributed by atoms with Gasteiger partial charge in [0.15, 0.2) is 46.3 Å². The molecule has 0 radical (unpaired) electrons. The van der Waals surface area contributed by atoms with Gasteiger partial charge in [-0.2, -0.15) is 0 Å². The normalized spacial score (nSPS) is 13.2. The van der Waals surface area contributed by atoms with Crippen molar-refractivity contribution in [2.45, 2.75) is 0 Å². The molecule has 3 aromatic carbocycles. The summed E-state index contributed by atoms with van der Waals surface area (Å²) >= 11 is 0. The Labute approximate surface area is 186 Å². The van der Waals surface area contributed by atoms with Crippen LogP contribution in [0.4, 0.5) is 27.6 Å². The van der Waals surface area contributed by atoms with Crippen LogP contribution in [0.2, 0.25) is 0 Å². The van der Waals surface area contributed by atoms with Gasteiger partial charge in [-0.1, -0.05) is 0 Å². The van der Waals surface area contributed by atoms with Crippen LogP contribution in [0, 0.1) is 29.1 Å². The Hall–Kier alpha value is -4.35. The van der Waals surface area contributed by atoms with Crippen LogP contribution in [-0.2, 0) is 0 Å². The van der Waals surface area contributed by atoms with E-state index in [1.807, 2.05) is 0 Å². The van der Waals surface area contributed by atoms with Crippen molar-refractivity contribution in [3.8, 4) is 23.0 Å². The number of halogens is 5. The summed E-state index contributed by atoms with van der Waals surface area (Å²) in [6.07, 6.45) is 0. The first-order chi connectivity index (χ1) is 16.3. The van der Waals surface area contributed by atoms with Crippen LogP contribution < -0.4 is 23.8 Å². The molecule has 0 bridgehead atoms. The molecule has 174 valence electrons. The molecule has 0 fully saturated rings. The van der Waals surface area contributed by atoms with Gasteiger partial charge < -0.3 is 18.9 Å². The number of ether oxygens (including phenoxy) is 4. The Kier molecular flexibility index (Phi) is 5.00. The van der Waals surface area contributed by atoms with Crippen molar-refractivity contribution in [2.75, 3.05) is 18.5 Å².